The van der Waals surface area contributed by atoms with Crippen molar-refractivity contribution in [2.45, 2.75) is 18.6 Å². The summed E-state index contributed by atoms with van der Waals surface area (Å²) in [4.78, 5) is 22.9. The summed E-state index contributed by atoms with van der Waals surface area (Å²) in [6.07, 6.45) is 2.23. The predicted octanol–water partition coefficient (Wildman–Crippen LogP) is 0.458. The zero-order valence-corrected chi connectivity index (χ0v) is 14.6. The number of pyridine rings is 1. The number of amides is 1. The molecule has 2 fully saturated rings. The normalized spacial score (nSPS) is 24.9. The Bertz CT molecular complexity index is 581. The summed E-state index contributed by atoms with van der Waals surface area (Å²) < 4.78 is 11.7. The number of morpholine rings is 1. The van der Waals surface area contributed by atoms with Crippen LogP contribution in [0.2, 0.25) is 0 Å². The van der Waals surface area contributed by atoms with Gasteiger partial charge in [0.25, 0.3) is 5.91 Å². The lowest BCUT2D eigenvalue weighted by Gasteiger charge is -2.31. The van der Waals surface area contributed by atoms with E-state index < -0.39 is 0 Å². The second-order valence-corrected chi connectivity index (χ2v) is 6.65. The van der Waals surface area contributed by atoms with Crippen LogP contribution in [-0.2, 0) is 9.53 Å². The number of rotatable bonds is 4. The van der Waals surface area contributed by atoms with Crippen LogP contribution in [0.4, 0.5) is 5.82 Å². The topological polar surface area (TPSA) is 58.1 Å². The molecule has 0 bridgehead atoms. The average Bonchev–Trinajstić information content (AvgIpc) is 3.03. The molecule has 1 aromatic rings. The van der Waals surface area contributed by atoms with Gasteiger partial charge in [-0.3, -0.25) is 4.79 Å². The van der Waals surface area contributed by atoms with E-state index in [1.807, 2.05) is 43.1 Å². The Morgan fingerprint density at radius 1 is 1.38 bits per heavy atom. The van der Waals surface area contributed by atoms with Crippen LogP contribution >= 0.6 is 0 Å². The van der Waals surface area contributed by atoms with Gasteiger partial charge in [-0.05, 0) is 19.2 Å². The van der Waals surface area contributed by atoms with Crippen molar-refractivity contribution in [2.75, 3.05) is 58.8 Å². The Labute approximate surface area is 143 Å². The standard InChI is InChI=1S/C17H26N4O3/c1-19(2)16-14(5-4-7-18-16)24-13-6-8-21(11-13)17(22)15-12-20(3)9-10-23-15/h4-5,7,13,15H,6,8-12H2,1-3H3/t13-,15-/m0/s1. The fourth-order valence-electron chi connectivity index (χ4n) is 3.15. The maximum Gasteiger partial charge on any atom is 0.253 e. The van der Waals surface area contributed by atoms with Gasteiger partial charge in [0.2, 0.25) is 0 Å². The third-order valence-corrected chi connectivity index (χ3v) is 4.47. The van der Waals surface area contributed by atoms with Gasteiger partial charge in [0.05, 0.1) is 13.2 Å². The molecule has 0 N–H and O–H groups in total. The molecule has 3 rings (SSSR count). The Balaban J connectivity index is 1.59. The lowest BCUT2D eigenvalue weighted by atomic mass is 10.2. The molecule has 3 heterocycles. The molecule has 2 aliphatic heterocycles. The minimum atomic E-state index is -0.349. The molecule has 0 unspecified atom stereocenters. The lowest BCUT2D eigenvalue weighted by molar-refractivity contribution is -0.148. The molecule has 0 aliphatic carbocycles. The van der Waals surface area contributed by atoms with E-state index in [2.05, 4.69) is 9.88 Å². The predicted molar refractivity (Wildman–Crippen MR) is 91.4 cm³/mol. The van der Waals surface area contributed by atoms with Crippen LogP contribution in [0.3, 0.4) is 0 Å². The monoisotopic (exact) mass is 334 g/mol. The lowest BCUT2D eigenvalue weighted by Crippen LogP contribution is -2.49. The molecule has 0 radical (unpaired) electrons. The van der Waals surface area contributed by atoms with Crippen LogP contribution in [0.15, 0.2) is 18.3 Å². The third-order valence-electron chi connectivity index (χ3n) is 4.47. The largest absolute Gasteiger partial charge is 0.485 e. The quantitative estimate of drug-likeness (QED) is 0.797. The van der Waals surface area contributed by atoms with E-state index >= 15 is 0 Å². The van der Waals surface area contributed by atoms with Crippen LogP contribution in [0, 0.1) is 0 Å². The average molecular weight is 334 g/mol. The molecular weight excluding hydrogens is 308 g/mol. The zero-order valence-electron chi connectivity index (χ0n) is 14.6. The molecular formula is C17H26N4O3. The molecule has 2 saturated heterocycles. The molecule has 0 spiro atoms. The summed E-state index contributed by atoms with van der Waals surface area (Å²) in [5.41, 5.74) is 0. The summed E-state index contributed by atoms with van der Waals surface area (Å²) in [5, 5.41) is 0. The third kappa shape index (κ3) is 3.79. The van der Waals surface area contributed by atoms with Crippen molar-refractivity contribution in [2.24, 2.45) is 0 Å². The van der Waals surface area contributed by atoms with Crippen molar-refractivity contribution in [3.63, 3.8) is 0 Å². The second kappa shape index (κ2) is 7.36. The smallest absolute Gasteiger partial charge is 0.253 e. The number of ether oxygens (including phenoxy) is 2. The second-order valence-electron chi connectivity index (χ2n) is 6.65. The highest BCUT2D eigenvalue weighted by Crippen LogP contribution is 2.27. The Morgan fingerprint density at radius 3 is 2.96 bits per heavy atom. The maximum absolute atomic E-state index is 12.6. The van der Waals surface area contributed by atoms with E-state index in [-0.39, 0.29) is 18.1 Å². The Hall–Kier alpha value is -1.86. The van der Waals surface area contributed by atoms with Crippen LogP contribution in [0.5, 0.6) is 5.75 Å². The number of carbonyl (C=O) groups is 1. The van der Waals surface area contributed by atoms with Gasteiger partial charge < -0.3 is 24.2 Å². The first-order valence-electron chi connectivity index (χ1n) is 8.42. The highest BCUT2D eigenvalue weighted by atomic mass is 16.5. The van der Waals surface area contributed by atoms with Crippen LogP contribution < -0.4 is 9.64 Å². The number of aromatic nitrogens is 1. The van der Waals surface area contributed by atoms with Gasteiger partial charge in [-0.1, -0.05) is 0 Å². The number of likely N-dealkylation sites (tertiary alicyclic amines) is 1. The molecule has 0 saturated carbocycles. The zero-order chi connectivity index (χ0) is 17.1. The number of anilines is 1. The first-order valence-corrected chi connectivity index (χ1v) is 8.42. The fraction of sp³-hybridized carbons (Fsp3) is 0.647. The van der Waals surface area contributed by atoms with Crippen LogP contribution in [0.25, 0.3) is 0 Å². The van der Waals surface area contributed by atoms with Crippen LogP contribution in [-0.4, -0.2) is 86.8 Å². The highest BCUT2D eigenvalue weighted by Gasteiger charge is 2.34. The summed E-state index contributed by atoms with van der Waals surface area (Å²) in [5.74, 6) is 1.64. The van der Waals surface area contributed by atoms with Gasteiger partial charge >= 0.3 is 0 Å². The van der Waals surface area contributed by atoms with E-state index in [4.69, 9.17) is 9.47 Å². The van der Waals surface area contributed by atoms with Crippen molar-refractivity contribution >= 4 is 11.7 Å². The number of hydrogen-bond acceptors (Lipinski definition) is 6. The summed E-state index contributed by atoms with van der Waals surface area (Å²) in [7, 11) is 5.90. The number of likely N-dealkylation sites (N-methyl/N-ethyl adjacent to an activating group) is 1. The molecule has 24 heavy (non-hydrogen) atoms. The molecule has 7 nitrogen and oxygen atoms in total. The highest BCUT2D eigenvalue weighted by molar-refractivity contribution is 5.81. The van der Waals surface area contributed by atoms with Crippen molar-refractivity contribution in [1.29, 1.82) is 0 Å². The van der Waals surface area contributed by atoms with E-state index in [9.17, 15) is 4.79 Å². The van der Waals surface area contributed by atoms with Crippen molar-refractivity contribution in [3.8, 4) is 5.75 Å². The molecule has 132 valence electrons. The van der Waals surface area contributed by atoms with Gasteiger partial charge in [-0.2, -0.15) is 0 Å². The maximum atomic E-state index is 12.6. The number of carbonyl (C=O) groups excluding carboxylic acids is 1. The summed E-state index contributed by atoms with van der Waals surface area (Å²) >= 11 is 0. The first-order chi connectivity index (χ1) is 11.5. The number of hydrogen-bond donors (Lipinski definition) is 0. The molecule has 1 aromatic heterocycles. The molecule has 0 aromatic carbocycles. The van der Waals surface area contributed by atoms with Gasteiger partial charge in [-0.15, -0.1) is 0 Å². The van der Waals surface area contributed by atoms with E-state index in [0.717, 1.165) is 24.5 Å². The first kappa shape index (κ1) is 17.0. The number of nitrogens with zero attached hydrogens (tertiary/aromatic N) is 4. The molecule has 1 amide bonds. The molecule has 2 atom stereocenters. The summed E-state index contributed by atoms with van der Waals surface area (Å²) in [6.45, 7) is 3.47. The minimum absolute atomic E-state index is 0.00169. The van der Waals surface area contributed by atoms with E-state index in [1.165, 1.54) is 0 Å². The molecule has 2 aliphatic rings. The van der Waals surface area contributed by atoms with Crippen molar-refractivity contribution in [3.05, 3.63) is 18.3 Å². The minimum Gasteiger partial charge on any atom is -0.485 e. The fourth-order valence-corrected chi connectivity index (χ4v) is 3.15. The van der Waals surface area contributed by atoms with Gasteiger partial charge in [0, 0.05) is 46.3 Å². The van der Waals surface area contributed by atoms with E-state index in [1.54, 1.807) is 6.20 Å². The van der Waals surface area contributed by atoms with Crippen LogP contribution in [0.1, 0.15) is 6.42 Å². The Kier molecular flexibility index (Phi) is 5.20. The van der Waals surface area contributed by atoms with Gasteiger partial charge in [0.15, 0.2) is 11.6 Å². The van der Waals surface area contributed by atoms with E-state index in [0.29, 0.717) is 26.2 Å². The SMILES string of the molecule is CN1CCO[C@H](C(=O)N2CC[C@H](Oc3cccnc3N(C)C)C2)C1. The Morgan fingerprint density at radius 2 is 2.21 bits per heavy atom. The van der Waals surface area contributed by atoms with Gasteiger partial charge in [0.1, 0.15) is 12.2 Å². The van der Waals surface area contributed by atoms with Gasteiger partial charge in [-0.25, -0.2) is 4.98 Å². The van der Waals surface area contributed by atoms with Crippen molar-refractivity contribution < 1.29 is 14.3 Å². The molecule has 7 heteroatoms. The van der Waals surface area contributed by atoms with Crippen molar-refractivity contribution in [1.82, 2.24) is 14.8 Å². The summed E-state index contributed by atoms with van der Waals surface area (Å²) in [6, 6.07) is 3.79.